The number of fused-ring (bicyclic) bond motifs is 4. The molecule has 0 amide bonds. The fraction of sp³-hybridized carbons (Fsp3) is 0.250. The van der Waals surface area contributed by atoms with Gasteiger partial charge in [-0.1, -0.05) is 127 Å². The molecule has 9 rings (SSSR count). The van der Waals surface area contributed by atoms with E-state index in [-0.39, 0.29) is 20.1 Å². The molecule has 0 aliphatic carbocycles. The number of hydrogen-bond donors (Lipinski definition) is 0. The Hall–Kier alpha value is -5.55. The van der Waals surface area contributed by atoms with Gasteiger partial charge in [-0.3, -0.25) is 4.98 Å². The summed E-state index contributed by atoms with van der Waals surface area (Å²) in [6.45, 7) is 22.8. The van der Waals surface area contributed by atoms with E-state index in [1.165, 1.54) is 54.2 Å². The maximum absolute atomic E-state index is 8.89. The van der Waals surface area contributed by atoms with Gasteiger partial charge in [0.05, 0.1) is 24.9 Å². The zero-order valence-corrected chi connectivity index (χ0v) is 42.7. The fourth-order valence-corrected chi connectivity index (χ4v) is 11.1. The molecule has 0 aliphatic rings. The van der Waals surface area contributed by atoms with Crippen LogP contribution in [0.2, 0.25) is 19.6 Å². The average molecular weight is 1050 g/mol. The number of thiophene rings is 1. The molecule has 0 unspecified atom stereocenters. The van der Waals surface area contributed by atoms with Gasteiger partial charge >= 0.3 is 0 Å². The van der Waals surface area contributed by atoms with Crippen LogP contribution in [0, 0.1) is 36.3 Å². The molecule has 0 fully saturated rings. The molecule has 5 nitrogen and oxygen atoms in total. The van der Waals surface area contributed by atoms with Crippen LogP contribution >= 0.6 is 11.3 Å². The molecule has 0 spiro atoms. The van der Waals surface area contributed by atoms with Crippen LogP contribution in [-0.4, -0.2) is 27.6 Å². The molecule has 325 valence electrons. The Balaban J connectivity index is 0.000000227. The van der Waals surface area contributed by atoms with Gasteiger partial charge in [0.25, 0.3) is 0 Å². The second-order valence-electron chi connectivity index (χ2n) is 18.6. The van der Waals surface area contributed by atoms with E-state index in [1.54, 1.807) is 17.4 Å². The maximum atomic E-state index is 8.89. The largest absolute Gasteiger partial charge is 0.333 e. The summed E-state index contributed by atoms with van der Waals surface area (Å²) in [4.78, 5) is 15.8. The van der Waals surface area contributed by atoms with Gasteiger partial charge < -0.3 is 9.55 Å². The van der Waals surface area contributed by atoms with Gasteiger partial charge in [0.2, 0.25) is 0 Å². The summed E-state index contributed by atoms with van der Waals surface area (Å²) in [6.07, 6.45) is 3.14. The molecular formula is C56H55IrN5SSi-2. The van der Waals surface area contributed by atoms with Crippen LogP contribution in [0.4, 0.5) is 0 Å². The van der Waals surface area contributed by atoms with Gasteiger partial charge in [-0.2, -0.15) is 11.3 Å². The third kappa shape index (κ3) is 9.60. The number of aromatic nitrogens is 4. The van der Waals surface area contributed by atoms with E-state index in [0.717, 1.165) is 50.6 Å². The number of nitrogens with zero attached hydrogens (tertiary/aromatic N) is 5. The zero-order chi connectivity index (χ0) is 44.6. The van der Waals surface area contributed by atoms with Crippen molar-refractivity contribution in [3.63, 3.8) is 0 Å². The summed E-state index contributed by atoms with van der Waals surface area (Å²) in [5, 5.41) is 12.7. The van der Waals surface area contributed by atoms with Crippen molar-refractivity contribution in [2.45, 2.75) is 86.4 Å². The van der Waals surface area contributed by atoms with Crippen molar-refractivity contribution in [3.05, 3.63) is 162 Å². The summed E-state index contributed by atoms with van der Waals surface area (Å²) in [6, 6.07) is 49.2. The van der Waals surface area contributed by atoms with Crippen molar-refractivity contribution in [1.29, 1.82) is 5.26 Å². The molecule has 1 radical (unpaired) electrons. The second-order valence-corrected chi connectivity index (χ2v) is 24.7. The van der Waals surface area contributed by atoms with Crippen molar-refractivity contribution in [1.82, 2.24) is 19.5 Å². The van der Waals surface area contributed by atoms with E-state index in [1.807, 2.05) is 19.1 Å². The zero-order valence-electron chi connectivity index (χ0n) is 38.5. The molecule has 0 atom stereocenters. The van der Waals surface area contributed by atoms with Crippen LogP contribution in [0.5, 0.6) is 0 Å². The first-order valence-corrected chi connectivity index (χ1v) is 26.4. The van der Waals surface area contributed by atoms with E-state index in [4.69, 9.17) is 15.2 Å². The summed E-state index contributed by atoms with van der Waals surface area (Å²) in [5.74, 6) is 2.18. The van der Waals surface area contributed by atoms with Crippen LogP contribution in [0.25, 0.3) is 70.8 Å². The second kappa shape index (κ2) is 19.3. The number of imidazole rings is 1. The van der Waals surface area contributed by atoms with Crippen LogP contribution < -0.4 is 5.19 Å². The van der Waals surface area contributed by atoms with Gasteiger partial charge in [0.1, 0.15) is 4.83 Å². The Bertz CT molecular complexity index is 3100. The SMILES string of the molecule is CC(C)Cc1cc(-c2[c-]cc(C#N)cc2)ncc1[Si](C)(C)C.Cc1ccc2c(n1)sc1c[c-]c(-c3nc4ccccc4n3-c3c(C(C)C)cc(-c4ccccc4)cc3C(C)C)cc12.[Ir]. The first kappa shape index (κ1) is 46.4. The number of aryl methyl sites for hydroxylation is 1. The third-order valence-electron chi connectivity index (χ3n) is 11.6. The van der Waals surface area contributed by atoms with E-state index < -0.39 is 8.07 Å². The van der Waals surface area contributed by atoms with Crippen LogP contribution in [-0.2, 0) is 26.5 Å². The van der Waals surface area contributed by atoms with Crippen molar-refractivity contribution in [3.8, 4) is 45.5 Å². The Morgan fingerprint density at radius 3 is 2.06 bits per heavy atom. The summed E-state index contributed by atoms with van der Waals surface area (Å²) >= 11 is 1.73. The third-order valence-corrected chi connectivity index (χ3v) is 14.7. The van der Waals surface area contributed by atoms with Crippen LogP contribution in [0.1, 0.15) is 81.3 Å². The normalized spacial score (nSPS) is 11.6. The van der Waals surface area contributed by atoms with Crippen LogP contribution in [0.15, 0.2) is 121 Å². The van der Waals surface area contributed by atoms with Crippen molar-refractivity contribution >= 4 is 55.9 Å². The molecule has 9 aromatic rings. The maximum Gasteiger partial charge on any atom is 0.114 e. The minimum Gasteiger partial charge on any atom is -0.333 e. The predicted octanol–water partition coefficient (Wildman–Crippen LogP) is 14.6. The molecule has 4 aromatic heterocycles. The molecule has 0 saturated carbocycles. The quantitative estimate of drug-likeness (QED) is 0.107. The van der Waals surface area contributed by atoms with E-state index in [0.29, 0.717) is 23.3 Å². The number of benzene rings is 5. The Morgan fingerprint density at radius 2 is 1.42 bits per heavy atom. The van der Waals surface area contributed by atoms with Crippen LogP contribution in [0.3, 0.4) is 0 Å². The molecule has 0 bridgehead atoms. The molecule has 0 saturated heterocycles. The standard InChI is InChI=1S/C37H32N3S.C19H23N2Si.Ir/c1-22(2)29-20-27(25-11-7-6-8-12-25)21-30(23(3)4)35(29)40-33-14-10-9-13-32(33)39-36(40)26-16-18-34-31(19-26)28-17-15-24(5)38-37(28)41-34;1-14(2)10-17-11-18(21-13-19(17)22(3,4)5)16-8-6-15(12-20)7-9-16;/h6-15,17-23H,1-5H3;6-8,11,13-14H,10H2,1-5H3;/q2*-1;. The van der Waals surface area contributed by atoms with Gasteiger partial charge in [0.15, 0.2) is 0 Å². The Morgan fingerprint density at radius 1 is 0.734 bits per heavy atom. The smallest absolute Gasteiger partial charge is 0.114 e. The monoisotopic (exact) mass is 1050 g/mol. The Kier molecular flexibility index (Phi) is 14.0. The molecule has 64 heavy (non-hydrogen) atoms. The molecule has 0 N–H and O–H groups in total. The molecule has 8 heteroatoms. The summed E-state index contributed by atoms with van der Waals surface area (Å²) in [7, 11) is -1.40. The molecule has 5 aromatic carbocycles. The first-order chi connectivity index (χ1) is 30.2. The molecule has 4 heterocycles. The average Bonchev–Trinajstić information content (AvgIpc) is 3.83. The number of rotatable bonds is 9. The number of hydrogen-bond acceptors (Lipinski definition) is 5. The number of pyridine rings is 2. The summed E-state index contributed by atoms with van der Waals surface area (Å²) < 4.78 is 3.59. The predicted molar refractivity (Wildman–Crippen MR) is 269 cm³/mol. The topological polar surface area (TPSA) is 67.4 Å². The number of nitriles is 1. The Labute approximate surface area is 397 Å². The minimum atomic E-state index is -1.40. The van der Waals surface area contributed by atoms with Crippen molar-refractivity contribution in [2.75, 3.05) is 0 Å². The fourth-order valence-electron chi connectivity index (χ4n) is 8.45. The van der Waals surface area contributed by atoms with Crippen molar-refractivity contribution in [2.24, 2.45) is 5.92 Å². The van der Waals surface area contributed by atoms with E-state index in [9.17, 15) is 0 Å². The van der Waals surface area contributed by atoms with Gasteiger partial charge in [-0.25, -0.2) is 10.2 Å². The van der Waals surface area contributed by atoms with E-state index >= 15 is 0 Å². The minimum absolute atomic E-state index is 0. The van der Waals surface area contributed by atoms with Gasteiger partial charge in [-0.15, -0.1) is 53.6 Å². The molecular weight excluding hydrogens is 995 g/mol. The number of para-hydroxylation sites is 2. The molecule has 0 aliphatic heterocycles. The summed E-state index contributed by atoms with van der Waals surface area (Å²) in [5.41, 5.74) is 14.4. The van der Waals surface area contributed by atoms with Gasteiger partial charge in [-0.05, 0) is 110 Å². The van der Waals surface area contributed by atoms with Crippen molar-refractivity contribution < 1.29 is 20.1 Å². The first-order valence-electron chi connectivity index (χ1n) is 22.0. The van der Waals surface area contributed by atoms with Gasteiger partial charge in [0, 0.05) is 43.8 Å². The van der Waals surface area contributed by atoms with E-state index in [2.05, 4.69) is 192 Å².